The van der Waals surface area contributed by atoms with E-state index in [1.54, 1.807) is 0 Å². The molecule has 0 aliphatic carbocycles. The molecule has 26 heavy (non-hydrogen) atoms. The minimum atomic E-state index is 0.527. The molecule has 146 valence electrons. The molecule has 1 fully saturated rings. The summed E-state index contributed by atoms with van der Waals surface area (Å²) in [6, 6.07) is 8.67. The Labute approximate surface area is 158 Å². The maximum Gasteiger partial charge on any atom is 0.188 e. The van der Waals surface area contributed by atoms with E-state index >= 15 is 0 Å². The fourth-order valence-corrected chi connectivity index (χ4v) is 3.03. The van der Waals surface area contributed by atoms with Gasteiger partial charge in [-0.05, 0) is 37.2 Å². The van der Waals surface area contributed by atoms with Crippen molar-refractivity contribution in [2.24, 2.45) is 10.7 Å². The van der Waals surface area contributed by atoms with E-state index in [1.165, 1.54) is 11.1 Å². The maximum absolute atomic E-state index is 5.97. The van der Waals surface area contributed by atoms with Crippen LogP contribution in [0.3, 0.4) is 0 Å². The molecule has 6 nitrogen and oxygen atoms in total. The number of morpholine rings is 1. The van der Waals surface area contributed by atoms with Crippen molar-refractivity contribution in [3.63, 3.8) is 0 Å². The van der Waals surface area contributed by atoms with Crippen LogP contribution >= 0.6 is 0 Å². The first kappa shape index (κ1) is 20.7. The van der Waals surface area contributed by atoms with Crippen molar-refractivity contribution >= 4 is 5.96 Å². The number of guanidine groups is 1. The number of ether oxygens (including phenoxy) is 1. The van der Waals surface area contributed by atoms with E-state index in [0.717, 1.165) is 65.4 Å². The summed E-state index contributed by atoms with van der Waals surface area (Å²) < 4.78 is 5.36. The van der Waals surface area contributed by atoms with Crippen LogP contribution in [0.2, 0.25) is 0 Å². The molecule has 1 heterocycles. The molecule has 3 N–H and O–H groups in total. The second-order valence-electron chi connectivity index (χ2n) is 6.71. The number of hydrogen-bond acceptors (Lipinski definition) is 4. The van der Waals surface area contributed by atoms with Crippen LogP contribution in [0.4, 0.5) is 0 Å². The first-order valence-corrected chi connectivity index (χ1v) is 9.85. The molecule has 1 aliphatic heterocycles. The highest BCUT2D eigenvalue weighted by atomic mass is 16.5. The average molecular weight is 362 g/mol. The van der Waals surface area contributed by atoms with E-state index in [9.17, 15) is 0 Å². The van der Waals surface area contributed by atoms with Gasteiger partial charge in [0.2, 0.25) is 0 Å². The standard InChI is InChI=1S/C20H35N5O/c1-3-24(4-2)17-19-8-6-18(7-9-19)16-23-20(21)22-10-5-11-25-12-14-26-15-13-25/h6-9H,3-5,10-17H2,1-2H3,(H3,21,22,23). The minimum absolute atomic E-state index is 0.527. The van der Waals surface area contributed by atoms with Gasteiger partial charge >= 0.3 is 0 Å². The highest BCUT2D eigenvalue weighted by Gasteiger charge is 2.09. The molecular weight excluding hydrogens is 326 g/mol. The molecule has 0 aromatic heterocycles. The Bertz CT molecular complexity index is 522. The summed E-state index contributed by atoms with van der Waals surface area (Å²) in [6.45, 7) is 13.9. The van der Waals surface area contributed by atoms with Gasteiger partial charge in [-0.3, -0.25) is 9.80 Å². The summed E-state index contributed by atoms with van der Waals surface area (Å²) in [6.07, 6.45) is 1.07. The summed E-state index contributed by atoms with van der Waals surface area (Å²) in [4.78, 5) is 9.28. The summed E-state index contributed by atoms with van der Waals surface area (Å²) in [5.74, 6) is 0.527. The lowest BCUT2D eigenvalue weighted by molar-refractivity contribution is 0.0376. The molecule has 0 spiro atoms. The second kappa shape index (κ2) is 11.9. The van der Waals surface area contributed by atoms with Crippen LogP contribution in [0.15, 0.2) is 29.3 Å². The van der Waals surface area contributed by atoms with Crippen LogP contribution in [0, 0.1) is 0 Å². The molecule has 1 saturated heterocycles. The van der Waals surface area contributed by atoms with Crippen LogP contribution in [0.5, 0.6) is 0 Å². The van der Waals surface area contributed by atoms with Gasteiger partial charge in [-0.1, -0.05) is 38.1 Å². The molecule has 0 radical (unpaired) electrons. The quantitative estimate of drug-likeness (QED) is 0.377. The van der Waals surface area contributed by atoms with Crippen LogP contribution in [-0.2, 0) is 17.8 Å². The summed E-state index contributed by atoms with van der Waals surface area (Å²) >= 11 is 0. The van der Waals surface area contributed by atoms with Gasteiger partial charge in [-0.15, -0.1) is 0 Å². The first-order chi connectivity index (χ1) is 12.7. The van der Waals surface area contributed by atoms with Gasteiger partial charge in [-0.25, -0.2) is 4.99 Å². The number of hydrogen-bond donors (Lipinski definition) is 2. The Morgan fingerprint density at radius 1 is 1.15 bits per heavy atom. The monoisotopic (exact) mass is 361 g/mol. The van der Waals surface area contributed by atoms with Crippen LogP contribution in [0.25, 0.3) is 0 Å². The highest BCUT2D eigenvalue weighted by molar-refractivity contribution is 5.77. The number of rotatable bonds is 10. The van der Waals surface area contributed by atoms with Crippen LogP contribution < -0.4 is 11.1 Å². The van der Waals surface area contributed by atoms with Crippen molar-refractivity contribution < 1.29 is 4.74 Å². The molecule has 2 rings (SSSR count). The predicted octanol–water partition coefficient (Wildman–Crippen LogP) is 1.66. The van der Waals surface area contributed by atoms with Crippen molar-refractivity contribution in [1.82, 2.24) is 15.1 Å². The number of benzene rings is 1. The largest absolute Gasteiger partial charge is 0.379 e. The molecular formula is C20H35N5O. The van der Waals surface area contributed by atoms with E-state index < -0.39 is 0 Å². The fraction of sp³-hybridized carbons (Fsp3) is 0.650. The SMILES string of the molecule is CCN(CC)Cc1ccc(CN=C(N)NCCCN2CCOCC2)cc1. The molecule has 0 unspecified atom stereocenters. The third kappa shape index (κ3) is 7.72. The Morgan fingerprint density at radius 3 is 2.46 bits per heavy atom. The highest BCUT2D eigenvalue weighted by Crippen LogP contribution is 2.08. The molecule has 0 bridgehead atoms. The average Bonchev–Trinajstić information content (AvgIpc) is 2.69. The van der Waals surface area contributed by atoms with E-state index in [2.05, 4.69) is 58.2 Å². The molecule has 1 aromatic rings. The van der Waals surface area contributed by atoms with Crippen LogP contribution in [0.1, 0.15) is 31.4 Å². The summed E-state index contributed by atoms with van der Waals surface area (Å²) in [5.41, 5.74) is 8.50. The zero-order valence-electron chi connectivity index (χ0n) is 16.4. The van der Waals surface area contributed by atoms with Crippen molar-refractivity contribution in [3.8, 4) is 0 Å². The summed E-state index contributed by atoms with van der Waals surface area (Å²) in [5, 5.41) is 3.21. The molecule has 0 saturated carbocycles. The molecule has 1 aliphatic rings. The normalized spacial score (nSPS) is 16.2. The molecule has 0 atom stereocenters. The van der Waals surface area contributed by atoms with E-state index in [-0.39, 0.29) is 0 Å². The number of nitrogens with zero attached hydrogens (tertiary/aromatic N) is 3. The Kier molecular flexibility index (Phi) is 9.45. The van der Waals surface area contributed by atoms with Gasteiger partial charge in [0.05, 0.1) is 19.8 Å². The summed E-state index contributed by atoms with van der Waals surface area (Å²) in [7, 11) is 0. The lowest BCUT2D eigenvalue weighted by atomic mass is 10.1. The van der Waals surface area contributed by atoms with Gasteiger partial charge in [0.15, 0.2) is 5.96 Å². The van der Waals surface area contributed by atoms with Gasteiger partial charge in [-0.2, -0.15) is 0 Å². The molecule has 1 aromatic carbocycles. The third-order valence-corrected chi connectivity index (χ3v) is 4.82. The zero-order valence-corrected chi connectivity index (χ0v) is 16.4. The third-order valence-electron chi connectivity index (χ3n) is 4.82. The van der Waals surface area contributed by atoms with E-state index in [1.807, 2.05) is 0 Å². The van der Waals surface area contributed by atoms with Crippen molar-refractivity contribution in [3.05, 3.63) is 35.4 Å². The van der Waals surface area contributed by atoms with Crippen molar-refractivity contribution in [1.29, 1.82) is 0 Å². The maximum atomic E-state index is 5.97. The number of nitrogens with two attached hydrogens (primary N) is 1. The van der Waals surface area contributed by atoms with Gasteiger partial charge in [0.25, 0.3) is 0 Å². The van der Waals surface area contributed by atoms with Crippen molar-refractivity contribution in [2.45, 2.75) is 33.4 Å². The zero-order chi connectivity index (χ0) is 18.6. The minimum Gasteiger partial charge on any atom is -0.379 e. The Balaban J connectivity index is 1.65. The van der Waals surface area contributed by atoms with Gasteiger partial charge < -0.3 is 15.8 Å². The van der Waals surface area contributed by atoms with Gasteiger partial charge in [0.1, 0.15) is 0 Å². The fourth-order valence-electron chi connectivity index (χ4n) is 3.03. The van der Waals surface area contributed by atoms with E-state index in [0.29, 0.717) is 12.5 Å². The van der Waals surface area contributed by atoms with E-state index in [4.69, 9.17) is 10.5 Å². The second-order valence-corrected chi connectivity index (χ2v) is 6.71. The van der Waals surface area contributed by atoms with Crippen molar-refractivity contribution in [2.75, 3.05) is 52.5 Å². The topological polar surface area (TPSA) is 66.1 Å². The Morgan fingerprint density at radius 2 is 1.81 bits per heavy atom. The molecule has 6 heteroatoms. The van der Waals surface area contributed by atoms with Gasteiger partial charge in [0, 0.05) is 26.2 Å². The molecule has 0 amide bonds. The number of aliphatic imine (C=N–C) groups is 1. The smallest absolute Gasteiger partial charge is 0.188 e. The number of nitrogens with one attached hydrogen (secondary N) is 1. The lowest BCUT2D eigenvalue weighted by Crippen LogP contribution is -2.39. The lowest BCUT2D eigenvalue weighted by Gasteiger charge is -2.26. The Hall–Kier alpha value is -1.63. The predicted molar refractivity (Wildman–Crippen MR) is 108 cm³/mol. The van der Waals surface area contributed by atoms with Crippen LogP contribution in [-0.4, -0.2) is 68.2 Å². The first-order valence-electron chi connectivity index (χ1n) is 9.85.